The van der Waals surface area contributed by atoms with E-state index < -0.39 is 0 Å². The van der Waals surface area contributed by atoms with Crippen molar-refractivity contribution < 1.29 is 0 Å². The zero-order valence-electron chi connectivity index (χ0n) is 10.5. The van der Waals surface area contributed by atoms with Crippen LogP contribution in [0, 0.1) is 6.92 Å². The molecule has 0 bridgehead atoms. The third kappa shape index (κ3) is 2.35. The van der Waals surface area contributed by atoms with Gasteiger partial charge in [0.15, 0.2) is 0 Å². The second kappa shape index (κ2) is 5.10. The quantitative estimate of drug-likeness (QED) is 0.465. The van der Waals surface area contributed by atoms with E-state index in [2.05, 4.69) is 93.4 Å². The average molecular weight is 376 g/mol. The lowest BCUT2D eigenvalue weighted by molar-refractivity contribution is 1.43. The van der Waals surface area contributed by atoms with Crippen molar-refractivity contribution in [2.45, 2.75) is 6.92 Å². The first-order valence-electron chi connectivity index (χ1n) is 6.10. The summed E-state index contributed by atoms with van der Waals surface area (Å²) in [4.78, 5) is 0. The highest BCUT2D eigenvalue weighted by molar-refractivity contribution is 9.11. The van der Waals surface area contributed by atoms with Crippen LogP contribution in [0.2, 0.25) is 0 Å². The second-order valence-corrected chi connectivity index (χ2v) is 6.34. The van der Waals surface area contributed by atoms with Crippen LogP contribution in [0.25, 0.3) is 21.9 Å². The lowest BCUT2D eigenvalue weighted by Crippen LogP contribution is -1.86. The number of fused-ring (bicyclic) bond motifs is 1. The van der Waals surface area contributed by atoms with Crippen molar-refractivity contribution in [2.75, 3.05) is 0 Å². The van der Waals surface area contributed by atoms with Gasteiger partial charge >= 0.3 is 0 Å². The summed E-state index contributed by atoms with van der Waals surface area (Å²) in [5.74, 6) is 0. The minimum absolute atomic E-state index is 1.12. The maximum atomic E-state index is 3.69. The zero-order chi connectivity index (χ0) is 13.4. The third-order valence-electron chi connectivity index (χ3n) is 3.25. The molecule has 0 nitrogen and oxygen atoms in total. The van der Waals surface area contributed by atoms with E-state index >= 15 is 0 Å². The zero-order valence-corrected chi connectivity index (χ0v) is 13.6. The average Bonchev–Trinajstić information content (AvgIpc) is 2.38. The van der Waals surface area contributed by atoms with Crippen LogP contribution < -0.4 is 0 Å². The Kier molecular flexibility index (Phi) is 3.46. The summed E-state index contributed by atoms with van der Waals surface area (Å²) in [7, 11) is 0. The number of halogens is 2. The van der Waals surface area contributed by atoms with Crippen LogP contribution in [0.1, 0.15) is 5.56 Å². The van der Waals surface area contributed by atoms with E-state index in [4.69, 9.17) is 0 Å². The van der Waals surface area contributed by atoms with Gasteiger partial charge in [0.2, 0.25) is 0 Å². The molecule has 2 heteroatoms. The van der Waals surface area contributed by atoms with Crippen LogP contribution in [0.5, 0.6) is 0 Å². The molecule has 3 aromatic carbocycles. The molecule has 19 heavy (non-hydrogen) atoms. The molecule has 0 unspecified atom stereocenters. The summed E-state index contributed by atoms with van der Waals surface area (Å²) in [5.41, 5.74) is 3.70. The smallest absolute Gasteiger partial charge is 0.0267 e. The normalized spacial score (nSPS) is 10.9. The second-order valence-electron chi connectivity index (χ2n) is 4.63. The van der Waals surface area contributed by atoms with Crippen molar-refractivity contribution in [1.82, 2.24) is 0 Å². The number of hydrogen-bond donors (Lipinski definition) is 0. The molecule has 0 aromatic heterocycles. The summed E-state index contributed by atoms with van der Waals surface area (Å²) in [6.07, 6.45) is 0. The Morgan fingerprint density at radius 1 is 0.789 bits per heavy atom. The van der Waals surface area contributed by atoms with Gasteiger partial charge in [-0.2, -0.15) is 0 Å². The molecule has 0 N–H and O–H groups in total. The largest absolute Gasteiger partial charge is 0.0616 e. The minimum Gasteiger partial charge on any atom is -0.0616 e. The summed E-state index contributed by atoms with van der Waals surface area (Å²) in [6.45, 7) is 2.10. The maximum absolute atomic E-state index is 3.69. The highest BCUT2D eigenvalue weighted by Gasteiger charge is 2.11. The van der Waals surface area contributed by atoms with E-state index in [0.717, 1.165) is 8.95 Å². The Balaban J connectivity index is 2.37. The van der Waals surface area contributed by atoms with Crippen LogP contribution in [-0.2, 0) is 0 Å². The first kappa shape index (κ1) is 12.9. The Morgan fingerprint density at radius 2 is 1.42 bits per heavy atom. The summed E-state index contributed by atoms with van der Waals surface area (Å²) < 4.78 is 2.24. The van der Waals surface area contributed by atoms with Crippen LogP contribution in [0.4, 0.5) is 0 Å². The van der Waals surface area contributed by atoms with Crippen molar-refractivity contribution in [1.29, 1.82) is 0 Å². The van der Waals surface area contributed by atoms with Crippen LogP contribution >= 0.6 is 31.9 Å². The summed E-state index contributed by atoms with van der Waals surface area (Å²) in [6, 6.07) is 19.2. The van der Waals surface area contributed by atoms with Gasteiger partial charge in [-0.15, -0.1) is 0 Å². The fraction of sp³-hybridized carbons (Fsp3) is 0.0588. The molecule has 0 radical (unpaired) electrons. The van der Waals surface area contributed by atoms with Gasteiger partial charge in [0.1, 0.15) is 0 Å². The molecule has 0 fully saturated rings. The molecule has 0 saturated heterocycles. The van der Waals surface area contributed by atoms with E-state index in [1.54, 1.807) is 0 Å². The Labute approximate surface area is 129 Å². The third-order valence-corrected chi connectivity index (χ3v) is 4.50. The van der Waals surface area contributed by atoms with Crippen molar-refractivity contribution in [3.63, 3.8) is 0 Å². The van der Waals surface area contributed by atoms with Crippen molar-refractivity contribution in [3.05, 3.63) is 69.1 Å². The van der Waals surface area contributed by atoms with E-state index in [0.29, 0.717) is 0 Å². The number of aryl methyl sites for hydroxylation is 1. The van der Waals surface area contributed by atoms with Gasteiger partial charge in [-0.3, -0.25) is 0 Å². The SMILES string of the molecule is Cc1cc(Br)c(-c2cccc3ccccc23)c(Br)c1. The number of rotatable bonds is 1. The van der Waals surface area contributed by atoms with Gasteiger partial charge in [-0.25, -0.2) is 0 Å². The lowest BCUT2D eigenvalue weighted by Gasteiger charge is -2.12. The molecule has 0 atom stereocenters. The molecule has 0 heterocycles. The molecular formula is C17H12Br2. The molecule has 0 saturated carbocycles. The van der Waals surface area contributed by atoms with E-state index in [1.165, 1.54) is 27.5 Å². The Hall–Kier alpha value is -1.12. The lowest BCUT2D eigenvalue weighted by atomic mass is 9.98. The Morgan fingerprint density at radius 3 is 2.16 bits per heavy atom. The minimum atomic E-state index is 1.12. The van der Waals surface area contributed by atoms with Crippen LogP contribution in [-0.4, -0.2) is 0 Å². The topological polar surface area (TPSA) is 0 Å². The summed E-state index contributed by atoms with van der Waals surface area (Å²) >= 11 is 7.38. The van der Waals surface area contributed by atoms with Crippen molar-refractivity contribution in [3.8, 4) is 11.1 Å². The molecule has 0 amide bonds. The highest BCUT2D eigenvalue weighted by atomic mass is 79.9. The maximum Gasteiger partial charge on any atom is 0.0267 e. The standard InChI is InChI=1S/C17H12Br2/c1-11-9-15(18)17(16(19)10-11)14-8-4-6-12-5-2-3-7-13(12)14/h2-10H,1H3. The molecular weight excluding hydrogens is 364 g/mol. The predicted octanol–water partition coefficient (Wildman–Crippen LogP) is 6.34. The fourth-order valence-corrected chi connectivity index (χ4v) is 4.24. The van der Waals surface area contributed by atoms with Gasteiger partial charge in [-0.05, 0) is 41.0 Å². The van der Waals surface area contributed by atoms with E-state index in [9.17, 15) is 0 Å². The molecule has 0 aliphatic heterocycles. The molecule has 0 aliphatic rings. The summed E-state index contributed by atoms with van der Waals surface area (Å²) in [5, 5.41) is 2.54. The molecule has 94 valence electrons. The predicted molar refractivity (Wildman–Crippen MR) is 89.5 cm³/mol. The Bertz CT molecular complexity index is 732. The van der Waals surface area contributed by atoms with Gasteiger partial charge in [-0.1, -0.05) is 74.3 Å². The van der Waals surface area contributed by atoms with Crippen LogP contribution in [0.3, 0.4) is 0 Å². The van der Waals surface area contributed by atoms with Gasteiger partial charge in [0, 0.05) is 14.5 Å². The number of hydrogen-bond acceptors (Lipinski definition) is 0. The molecule has 0 spiro atoms. The first-order chi connectivity index (χ1) is 9.16. The van der Waals surface area contributed by atoms with Gasteiger partial charge in [0.05, 0.1) is 0 Å². The fourth-order valence-electron chi connectivity index (χ4n) is 2.40. The van der Waals surface area contributed by atoms with E-state index in [-0.39, 0.29) is 0 Å². The first-order valence-corrected chi connectivity index (χ1v) is 7.69. The van der Waals surface area contributed by atoms with Gasteiger partial charge < -0.3 is 0 Å². The van der Waals surface area contributed by atoms with E-state index in [1.807, 2.05) is 0 Å². The molecule has 3 rings (SSSR count). The van der Waals surface area contributed by atoms with Crippen molar-refractivity contribution >= 4 is 42.6 Å². The number of benzene rings is 3. The highest BCUT2D eigenvalue weighted by Crippen LogP contribution is 2.39. The molecule has 0 aliphatic carbocycles. The van der Waals surface area contributed by atoms with Gasteiger partial charge in [0.25, 0.3) is 0 Å². The monoisotopic (exact) mass is 374 g/mol. The van der Waals surface area contributed by atoms with Crippen molar-refractivity contribution in [2.24, 2.45) is 0 Å². The van der Waals surface area contributed by atoms with Crippen LogP contribution in [0.15, 0.2) is 63.5 Å². The molecule has 3 aromatic rings.